The van der Waals surface area contributed by atoms with E-state index < -0.39 is 0 Å². The summed E-state index contributed by atoms with van der Waals surface area (Å²) in [5, 5.41) is 8.82. The summed E-state index contributed by atoms with van der Waals surface area (Å²) in [6, 6.07) is 7.38. The number of nitriles is 1. The van der Waals surface area contributed by atoms with E-state index in [1.165, 1.54) is 6.42 Å². The lowest BCUT2D eigenvalue weighted by atomic mass is 9.71. The molecule has 0 bridgehead atoms. The normalized spacial score (nSPS) is 26.3. The van der Waals surface area contributed by atoms with Gasteiger partial charge < -0.3 is 4.74 Å². The average molecular weight is 244 g/mol. The topological polar surface area (TPSA) is 45.9 Å². The van der Waals surface area contributed by atoms with Crippen molar-refractivity contribution in [1.29, 1.82) is 5.26 Å². The molecule has 0 saturated heterocycles. The molecule has 3 nitrogen and oxygen atoms in total. The minimum Gasteiger partial charge on any atom is -0.474 e. The Labute approximate surface area is 109 Å². The molecule has 2 unspecified atom stereocenters. The Morgan fingerprint density at radius 3 is 2.83 bits per heavy atom. The highest BCUT2D eigenvalue weighted by Crippen LogP contribution is 2.39. The molecule has 1 aromatic heterocycles. The maximum atomic E-state index is 8.82. The van der Waals surface area contributed by atoms with Crippen LogP contribution < -0.4 is 4.74 Å². The second-order valence-corrected chi connectivity index (χ2v) is 6.13. The first-order chi connectivity index (χ1) is 8.48. The van der Waals surface area contributed by atoms with Gasteiger partial charge in [0.1, 0.15) is 17.9 Å². The Kier molecular flexibility index (Phi) is 3.56. The van der Waals surface area contributed by atoms with Crippen molar-refractivity contribution < 1.29 is 4.74 Å². The standard InChI is InChI=1S/C15H20N2O/c1-11-7-13(9-15(2,3)8-11)18-14-6-4-5-12(10-16)17-14/h4-6,11,13H,7-9H2,1-3H3. The molecule has 0 aromatic carbocycles. The van der Waals surface area contributed by atoms with Gasteiger partial charge in [-0.25, -0.2) is 4.98 Å². The fourth-order valence-corrected chi connectivity index (χ4v) is 3.06. The van der Waals surface area contributed by atoms with E-state index in [0.29, 0.717) is 22.9 Å². The molecule has 2 rings (SSSR count). The SMILES string of the molecule is CC1CC(Oc2cccc(C#N)n2)CC(C)(C)C1. The van der Waals surface area contributed by atoms with E-state index in [1.807, 2.05) is 18.2 Å². The quantitative estimate of drug-likeness (QED) is 0.799. The lowest BCUT2D eigenvalue weighted by Crippen LogP contribution is -2.34. The lowest BCUT2D eigenvalue weighted by molar-refractivity contribution is 0.0532. The Morgan fingerprint density at radius 1 is 1.39 bits per heavy atom. The van der Waals surface area contributed by atoms with Gasteiger partial charge in [0.05, 0.1) is 0 Å². The van der Waals surface area contributed by atoms with E-state index in [1.54, 1.807) is 6.07 Å². The molecule has 1 fully saturated rings. The van der Waals surface area contributed by atoms with Crippen molar-refractivity contribution >= 4 is 0 Å². The van der Waals surface area contributed by atoms with Crippen molar-refractivity contribution in [2.24, 2.45) is 11.3 Å². The zero-order chi connectivity index (χ0) is 13.2. The van der Waals surface area contributed by atoms with Crippen molar-refractivity contribution in [1.82, 2.24) is 4.98 Å². The molecule has 1 heterocycles. The van der Waals surface area contributed by atoms with Crippen molar-refractivity contribution in [3.8, 4) is 11.9 Å². The summed E-state index contributed by atoms with van der Waals surface area (Å²) in [6.07, 6.45) is 3.58. The highest BCUT2D eigenvalue weighted by Gasteiger charge is 2.33. The third-order valence-electron chi connectivity index (χ3n) is 3.47. The van der Waals surface area contributed by atoms with Gasteiger partial charge >= 0.3 is 0 Å². The van der Waals surface area contributed by atoms with Crippen LogP contribution in [-0.2, 0) is 0 Å². The van der Waals surface area contributed by atoms with Crippen LogP contribution >= 0.6 is 0 Å². The van der Waals surface area contributed by atoms with Crippen LogP contribution in [0.2, 0.25) is 0 Å². The van der Waals surface area contributed by atoms with Crippen LogP contribution in [0.25, 0.3) is 0 Å². The zero-order valence-corrected chi connectivity index (χ0v) is 11.3. The van der Waals surface area contributed by atoms with Crippen LogP contribution in [0, 0.1) is 22.7 Å². The van der Waals surface area contributed by atoms with Crippen molar-refractivity contribution in [2.75, 3.05) is 0 Å². The van der Waals surface area contributed by atoms with Gasteiger partial charge in [-0.3, -0.25) is 0 Å². The summed E-state index contributed by atoms with van der Waals surface area (Å²) in [7, 11) is 0. The predicted molar refractivity (Wildman–Crippen MR) is 70.2 cm³/mol. The summed E-state index contributed by atoms with van der Waals surface area (Å²) in [5.74, 6) is 1.25. The molecule has 96 valence electrons. The first-order valence-electron chi connectivity index (χ1n) is 6.52. The molecule has 3 heteroatoms. The van der Waals surface area contributed by atoms with E-state index in [2.05, 4.69) is 25.8 Å². The van der Waals surface area contributed by atoms with Crippen LogP contribution in [0.15, 0.2) is 18.2 Å². The van der Waals surface area contributed by atoms with Crippen LogP contribution in [-0.4, -0.2) is 11.1 Å². The van der Waals surface area contributed by atoms with Gasteiger partial charge in [-0.05, 0) is 36.7 Å². The van der Waals surface area contributed by atoms with Gasteiger partial charge in [0, 0.05) is 6.07 Å². The second kappa shape index (κ2) is 4.97. The van der Waals surface area contributed by atoms with Crippen LogP contribution in [0.1, 0.15) is 45.7 Å². The van der Waals surface area contributed by atoms with E-state index >= 15 is 0 Å². The fourth-order valence-electron chi connectivity index (χ4n) is 3.06. The molecule has 1 aliphatic rings. The first-order valence-corrected chi connectivity index (χ1v) is 6.52. The maximum absolute atomic E-state index is 8.82. The van der Waals surface area contributed by atoms with Crippen molar-refractivity contribution in [3.05, 3.63) is 23.9 Å². The minimum atomic E-state index is 0.213. The van der Waals surface area contributed by atoms with E-state index in [-0.39, 0.29) is 6.10 Å². The molecular weight excluding hydrogens is 224 g/mol. The lowest BCUT2D eigenvalue weighted by Gasteiger charge is -2.38. The number of hydrogen-bond donors (Lipinski definition) is 0. The van der Waals surface area contributed by atoms with Gasteiger partial charge in [0.2, 0.25) is 5.88 Å². The molecule has 1 saturated carbocycles. The fraction of sp³-hybridized carbons (Fsp3) is 0.600. The van der Waals surface area contributed by atoms with Crippen LogP contribution in [0.4, 0.5) is 0 Å². The third kappa shape index (κ3) is 3.22. The highest BCUT2D eigenvalue weighted by atomic mass is 16.5. The number of nitrogens with zero attached hydrogens (tertiary/aromatic N) is 2. The number of hydrogen-bond acceptors (Lipinski definition) is 3. The molecular formula is C15H20N2O. The highest BCUT2D eigenvalue weighted by molar-refractivity contribution is 5.24. The summed E-state index contributed by atoms with van der Waals surface area (Å²) < 4.78 is 5.94. The molecule has 18 heavy (non-hydrogen) atoms. The number of pyridine rings is 1. The maximum Gasteiger partial charge on any atom is 0.214 e. The van der Waals surface area contributed by atoms with Crippen molar-refractivity contribution in [3.63, 3.8) is 0 Å². The van der Waals surface area contributed by atoms with Crippen molar-refractivity contribution in [2.45, 2.75) is 46.1 Å². The second-order valence-electron chi connectivity index (χ2n) is 6.13. The largest absolute Gasteiger partial charge is 0.474 e. The Balaban J connectivity index is 2.07. The molecule has 1 aliphatic carbocycles. The van der Waals surface area contributed by atoms with E-state index in [0.717, 1.165) is 12.8 Å². The molecule has 0 radical (unpaired) electrons. The molecule has 0 aliphatic heterocycles. The average Bonchev–Trinajstić information content (AvgIpc) is 2.26. The summed E-state index contributed by atoms with van der Waals surface area (Å²) >= 11 is 0. The third-order valence-corrected chi connectivity index (χ3v) is 3.47. The van der Waals surface area contributed by atoms with E-state index in [9.17, 15) is 0 Å². The van der Waals surface area contributed by atoms with Gasteiger partial charge in [0.15, 0.2) is 0 Å². The monoisotopic (exact) mass is 244 g/mol. The molecule has 0 N–H and O–H groups in total. The van der Waals surface area contributed by atoms with Gasteiger partial charge in [-0.1, -0.05) is 26.8 Å². The minimum absolute atomic E-state index is 0.213. The summed E-state index contributed by atoms with van der Waals surface area (Å²) in [4.78, 5) is 4.17. The smallest absolute Gasteiger partial charge is 0.214 e. The molecule has 1 aromatic rings. The Bertz CT molecular complexity index is 462. The Hall–Kier alpha value is -1.56. The number of aromatic nitrogens is 1. The number of ether oxygens (including phenoxy) is 1. The summed E-state index contributed by atoms with van der Waals surface area (Å²) in [6.45, 7) is 6.85. The molecule has 0 amide bonds. The van der Waals surface area contributed by atoms with Crippen LogP contribution in [0.5, 0.6) is 5.88 Å². The molecule has 0 spiro atoms. The van der Waals surface area contributed by atoms with Gasteiger partial charge in [0.25, 0.3) is 0 Å². The van der Waals surface area contributed by atoms with Gasteiger partial charge in [-0.2, -0.15) is 5.26 Å². The van der Waals surface area contributed by atoms with E-state index in [4.69, 9.17) is 10.00 Å². The number of rotatable bonds is 2. The molecule has 2 atom stereocenters. The first kappa shape index (κ1) is 12.9. The zero-order valence-electron chi connectivity index (χ0n) is 11.3. The Morgan fingerprint density at radius 2 is 2.17 bits per heavy atom. The van der Waals surface area contributed by atoms with Gasteiger partial charge in [-0.15, -0.1) is 0 Å². The summed E-state index contributed by atoms with van der Waals surface area (Å²) in [5.41, 5.74) is 0.741. The van der Waals surface area contributed by atoms with Crippen LogP contribution in [0.3, 0.4) is 0 Å². The predicted octanol–water partition coefficient (Wildman–Crippen LogP) is 3.55.